The third-order valence-electron chi connectivity index (χ3n) is 3.27. The average Bonchev–Trinajstić information content (AvgIpc) is 3.11. The SMILES string of the molecule is O=C(Cc1nc2ccc(F)cc2n1C1CC1)C(F)(F)F. The van der Waals surface area contributed by atoms with Crippen molar-refractivity contribution < 1.29 is 22.4 Å². The fourth-order valence-corrected chi connectivity index (χ4v) is 2.22. The highest BCUT2D eigenvalue weighted by atomic mass is 19.4. The van der Waals surface area contributed by atoms with Gasteiger partial charge in [0.2, 0.25) is 5.78 Å². The average molecular weight is 286 g/mol. The van der Waals surface area contributed by atoms with Crippen LogP contribution in [-0.2, 0) is 11.2 Å². The summed E-state index contributed by atoms with van der Waals surface area (Å²) in [5.74, 6) is -2.27. The quantitative estimate of drug-likeness (QED) is 0.812. The minimum atomic E-state index is -4.88. The van der Waals surface area contributed by atoms with Crippen molar-refractivity contribution in [3.63, 3.8) is 0 Å². The van der Waals surface area contributed by atoms with Crippen LogP contribution in [0.1, 0.15) is 24.7 Å². The number of carbonyl (C=O) groups excluding carboxylic acids is 1. The molecule has 0 N–H and O–H groups in total. The van der Waals surface area contributed by atoms with Crippen LogP contribution in [0.2, 0.25) is 0 Å². The zero-order chi connectivity index (χ0) is 14.5. The Bertz CT molecular complexity index is 685. The van der Waals surface area contributed by atoms with Crippen LogP contribution in [-0.4, -0.2) is 21.5 Å². The Balaban J connectivity index is 2.06. The monoisotopic (exact) mass is 286 g/mol. The van der Waals surface area contributed by atoms with E-state index in [0.29, 0.717) is 11.0 Å². The van der Waals surface area contributed by atoms with E-state index in [4.69, 9.17) is 0 Å². The predicted octanol–water partition coefficient (Wildman–Crippen LogP) is 3.18. The number of fused-ring (bicyclic) bond motifs is 1. The second-order valence-corrected chi connectivity index (χ2v) is 4.86. The Morgan fingerprint density at radius 2 is 2.05 bits per heavy atom. The van der Waals surface area contributed by atoms with Crippen molar-refractivity contribution in [2.24, 2.45) is 0 Å². The van der Waals surface area contributed by atoms with Gasteiger partial charge in [0.15, 0.2) is 0 Å². The van der Waals surface area contributed by atoms with Gasteiger partial charge in [-0.3, -0.25) is 4.79 Å². The predicted molar refractivity (Wildman–Crippen MR) is 62.7 cm³/mol. The molecule has 3 nitrogen and oxygen atoms in total. The van der Waals surface area contributed by atoms with Gasteiger partial charge in [0, 0.05) is 6.04 Å². The van der Waals surface area contributed by atoms with Gasteiger partial charge in [0.05, 0.1) is 17.5 Å². The Labute approximate surface area is 111 Å². The smallest absolute Gasteiger partial charge is 0.324 e. The van der Waals surface area contributed by atoms with Crippen molar-refractivity contribution in [3.8, 4) is 0 Å². The summed E-state index contributed by atoms with van der Waals surface area (Å²) in [7, 11) is 0. The largest absolute Gasteiger partial charge is 0.450 e. The summed E-state index contributed by atoms with van der Waals surface area (Å²) in [5, 5.41) is 0. The lowest BCUT2D eigenvalue weighted by molar-refractivity contribution is -0.170. The van der Waals surface area contributed by atoms with Crippen LogP contribution in [0.5, 0.6) is 0 Å². The summed E-state index contributed by atoms with van der Waals surface area (Å²) in [6, 6.07) is 3.85. The number of aromatic nitrogens is 2. The molecule has 1 saturated carbocycles. The third kappa shape index (κ3) is 2.28. The highest BCUT2D eigenvalue weighted by Crippen LogP contribution is 2.39. The number of hydrogen-bond donors (Lipinski definition) is 0. The lowest BCUT2D eigenvalue weighted by atomic mass is 10.2. The van der Waals surface area contributed by atoms with Crippen LogP contribution in [0.4, 0.5) is 17.6 Å². The first kappa shape index (κ1) is 13.1. The summed E-state index contributed by atoms with van der Waals surface area (Å²) in [5.41, 5.74) is 0.848. The normalized spacial score (nSPS) is 15.8. The molecule has 0 atom stereocenters. The molecule has 1 fully saturated rings. The fraction of sp³-hybridized carbons (Fsp3) is 0.385. The number of ketones is 1. The molecule has 0 aliphatic heterocycles. The Morgan fingerprint density at radius 1 is 1.35 bits per heavy atom. The molecule has 106 valence electrons. The van der Waals surface area contributed by atoms with Crippen molar-refractivity contribution >= 4 is 16.8 Å². The second-order valence-electron chi connectivity index (χ2n) is 4.86. The van der Waals surface area contributed by atoms with Crippen LogP contribution >= 0.6 is 0 Å². The minimum Gasteiger partial charge on any atom is -0.324 e. The van der Waals surface area contributed by atoms with Gasteiger partial charge in [-0.1, -0.05) is 0 Å². The van der Waals surface area contributed by atoms with E-state index in [1.54, 1.807) is 4.57 Å². The number of Topliss-reactive ketones (excluding diaryl/α,β-unsaturated/α-hetero) is 1. The lowest BCUT2D eigenvalue weighted by Crippen LogP contribution is -2.26. The van der Waals surface area contributed by atoms with Crippen molar-refractivity contribution in [2.75, 3.05) is 0 Å². The molecule has 0 unspecified atom stereocenters. The van der Waals surface area contributed by atoms with Crippen LogP contribution in [0.3, 0.4) is 0 Å². The van der Waals surface area contributed by atoms with Crippen LogP contribution in [0.15, 0.2) is 18.2 Å². The lowest BCUT2D eigenvalue weighted by Gasteiger charge is -2.08. The van der Waals surface area contributed by atoms with E-state index in [2.05, 4.69) is 4.98 Å². The molecule has 1 aromatic heterocycles. The van der Waals surface area contributed by atoms with E-state index in [9.17, 15) is 22.4 Å². The highest BCUT2D eigenvalue weighted by Gasteiger charge is 2.40. The number of benzene rings is 1. The van der Waals surface area contributed by atoms with Gasteiger partial charge >= 0.3 is 6.18 Å². The summed E-state index contributed by atoms with van der Waals surface area (Å²) < 4.78 is 51.9. The van der Waals surface area contributed by atoms with Crippen molar-refractivity contribution in [2.45, 2.75) is 31.5 Å². The molecule has 0 saturated heterocycles. The van der Waals surface area contributed by atoms with Gasteiger partial charge in [0.1, 0.15) is 11.6 Å². The maximum absolute atomic E-state index is 13.3. The maximum Gasteiger partial charge on any atom is 0.450 e. The topological polar surface area (TPSA) is 34.9 Å². The molecule has 0 bridgehead atoms. The van der Waals surface area contributed by atoms with E-state index < -0.39 is 24.2 Å². The van der Waals surface area contributed by atoms with Gasteiger partial charge in [-0.2, -0.15) is 13.2 Å². The number of imidazole rings is 1. The molecular weight excluding hydrogens is 276 g/mol. The molecule has 1 aromatic carbocycles. The van der Waals surface area contributed by atoms with Crippen molar-refractivity contribution in [3.05, 3.63) is 29.8 Å². The first-order valence-electron chi connectivity index (χ1n) is 6.12. The van der Waals surface area contributed by atoms with E-state index >= 15 is 0 Å². The first-order valence-corrected chi connectivity index (χ1v) is 6.12. The van der Waals surface area contributed by atoms with Crippen LogP contribution < -0.4 is 0 Å². The van der Waals surface area contributed by atoms with E-state index in [1.165, 1.54) is 18.2 Å². The van der Waals surface area contributed by atoms with Crippen LogP contribution in [0.25, 0.3) is 11.0 Å². The number of nitrogens with zero attached hydrogens (tertiary/aromatic N) is 2. The number of alkyl halides is 3. The summed E-state index contributed by atoms with van der Waals surface area (Å²) in [6.45, 7) is 0. The fourth-order valence-electron chi connectivity index (χ4n) is 2.22. The van der Waals surface area contributed by atoms with E-state index in [-0.39, 0.29) is 11.9 Å². The third-order valence-corrected chi connectivity index (χ3v) is 3.27. The molecule has 20 heavy (non-hydrogen) atoms. The van der Waals surface area contributed by atoms with Crippen molar-refractivity contribution in [1.82, 2.24) is 9.55 Å². The van der Waals surface area contributed by atoms with E-state index in [0.717, 1.165) is 12.8 Å². The first-order chi connectivity index (χ1) is 9.36. The molecule has 0 spiro atoms. The zero-order valence-corrected chi connectivity index (χ0v) is 10.2. The molecule has 7 heteroatoms. The number of hydrogen-bond acceptors (Lipinski definition) is 2. The standard InChI is InChI=1S/C13H10F4N2O/c14-7-1-4-9-10(5-7)19(8-2-3-8)12(18-9)6-11(20)13(15,16)17/h1,4-5,8H,2-3,6H2. The van der Waals surface area contributed by atoms with Crippen molar-refractivity contribution in [1.29, 1.82) is 0 Å². The molecule has 3 rings (SSSR count). The van der Waals surface area contributed by atoms with Gasteiger partial charge in [-0.25, -0.2) is 9.37 Å². The van der Waals surface area contributed by atoms with Gasteiger partial charge in [0.25, 0.3) is 0 Å². The zero-order valence-electron chi connectivity index (χ0n) is 10.2. The number of halogens is 4. The van der Waals surface area contributed by atoms with E-state index in [1.807, 2.05) is 0 Å². The minimum absolute atomic E-state index is 0.0119. The molecule has 1 heterocycles. The summed E-state index contributed by atoms with van der Waals surface area (Å²) in [6.07, 6.45) is -4.08. The molecule has 1 aliphatic carbocycles. The Morgan fingerprint density at radius 3 is 2.65 bits per heavy atom. The molecule has 0 amide bonds. The maximum atomic E-state index is 13.3. The molecule has 1 aliphatic rings. The Kier molecular flexibility index (Phi) is 2.81. The second kappa shape index (κ2) is 4.29. The molecular formula is C13H10F4N2O. The molecule has 0 radical (unpaired) electrons. The Hall–Kier alpha value is -1.92. The summed E-state index contributed by atoms with van der Waals surface area (Å²) >= 11 is 0. The summed E-state index contributed by atoms with van der Waals surface area (Å²) in [4.78, 5) is 15.2. The van der Waals surface area contributed by atoms with Crippen LogP contribution in [0, 0.1) is 5.82 Å². The van der Waals surface area contributed by atoms with Gasteiger partial charge in [-0.05, 0) is 31.0 Å². The number of carbonyl (C=O) groups is 1. The number of rotatable bonds is 3. The highest BCUT2D eigenvalue weighted by molar-refractivity contribution is 5.86. The van der Waals surface area contributed by atoms with Gasteiger partial charge < -0.3 is 4.57 Å². The molecule has 2 aromatic rings. The van der Waals surface area contributed by atoms with Gasteiger partial charge in [-0.15, -0.1) is 0 Å².